The summed E-state index contributed by atoms with van der Waals surface area (Å²) in [5, 5.41) is 8.83. The maximum absolute atomic E-state index is 14.2. The van der Waals surface area contributed by atoms with Gasteiger partial charge in [0.05, 0.1) is 11.4 Å². The van der Waals surface area contributed by atoms with Crippen LogP contribution in [0.4, 0.5) is 5.82 Å². The van der Waals surface area contributed by atoms with Crippen molar-refractivity contribution in [3.8, 4) is 5.69 Å². The molecule has 3 aromatic heterocycles. The van der Waals surface area contributed by atoms with E-state index in [0.29, 0.717) is 22.6 Å². The first-order valence-corrected chi connectivity index (χ1v) is 13.8. The highest BCUT2D eigenvalue weighted by Crippen LogP contribution is 2.29. The van der Waals surface area contributed by atoms with E-state index in [4.69, 9.17) is 5.73 Å². The molecule has 40 heavy (non-hydrogen) atoms. The summed E-state index contributed by atoms with van der Waals surface area (Å²) in [5.74, 6) is 0.259. The van der Waals surface area contributed by atoms with Crippen molar-refractivity contribution in [2.24, 2.45) is 5.92 Å². The summed E-state index contributed by atoms with van der Waals surface area (Å²) in [4.78, 5) is 32.1. The van der Waals surface area contributed by atoms with Crippen molar-refractivity contribution >= 4 is 34.2 Å². The number of nitrogen functional groups attached to an aromatic ring is 1. The molecule has 1 fully saturated rings. The number of aromatic nitrogens is 4. The van der Waals surface area contributed by atoms with Crippen LogP contribution in [0.15, 0.2) is 77.7 Å². The Kier molecular flexibility index (Phi) is 6.67. The van der Waals surface area contributed by atoms with Crippen LogP contribution in [0.1, 0.15) is 66.0 Å². The number of amides is 1. The maximum atomic E-state index is 14.2. The van der Waals surface area contributed by atoms with Gasteiger partial charge >= 0.3 is 0 Å². The molecule has 202 valence electrons. The molecule has 2 aromatic carbocycles. The van der Waals surface area contributed by atoms with Gasteiger partial charge in [0.2, 0.25) is 0 Å². The smallest absolute Gasteiger partial charge is 0.263 e. The first kappa shape index (κ1) is 25.6. The van der Waals surface area contributed by atoms with E-state index in [9.17, 15) is 9.59 Å². The van der Waals surface area contributed by atoms with E-state index < -0.39 is 11.9 Å². The van der Waals surface area contributed by atoms with Gasteiger partial charge in [0.25, 0.3) is 11.5 Å². The number of hydrogen-bond donors (Lipinski definition) is 2. The minimum Gasteiger partial charge on any atom is -0.381 e. The molecule has 1 aliphatic rings. The Morgan fingerprint density at radius 1 is 1.10 bits per heavy atom. The Balaban J connectivity index is 1.45. The molecule has 0 radical (unpaired) electrons. The second-order valence-corrected chi connectivity index (χ2v) is 10.5. The molecule has 1 saturated carbocycles. The molecule has 1 aliphatic carbocycles. The Hall–Kier alpha value is -4.72. The molecule has 6 rings (SSSR count). The standard InChI is InChI=1S/C32H32N6O2/c1-20-17-18-34-30-28(29(33)36-38(20)30)31(39)35-21(2)26-19-24-12-8-11-23(16-15-22-9-6-7-10-22)27(24)32(40)37(26)25-13-4-3-5-14-25/h3-5,8,11-19,21-22H,6-7,9-10H2,1-2H3,(H2,33,36)(H,35,39). The van der Waals surface area contributed by atoms with Crippen LogP contribution in [-0.4, -0.2) is 25.1 Å². The predicted molar refractivity (Wildman–Crippen MR) is 159 cm³/mol. The summed E-state index contributed by atoms with van der Waals surface area (Å²) >= 11 is 0. The number of carbonyl (C=O) groups is 1. The third-order valence-electron chi connectivity index (χ3n) is 7.82. The number of nitrogens with two attached hydrogens (primary N) is 1. The zero-order valence-corrected chi connectivity index (χ0v) is 22.7. The average Bonchev–Trinajstić information content (AvgIpc) is 3.60. The van der Waals surface area contributed by atoms with Crippen molar-refractivity contribution in [3.05, 3.63) is 106 Å². The lowest BCUT2D eigenvalue weighted by molar-refractivity contribution is 0.0941. The quantitative estimate of drug-likeness (QED) is 0.295. The Bertz CT molecular complexity index is 1810. The van der Waals surface area contributed by atoms with Crippen molar-refractivity contribution in [1.82, 2.24) is 24.5 Å². The number of anilines is 1. The van der Waals surface area contributed by atoms with Crippen molar-refractivity contribution in [2.45, 2.75) is 45.6 Å². The van der Waals surface area contributed by atoms with Crippen molar-refractivity contribution in [3.63, 3.8) is 0 Å². The van der Waals surface area contributed by atoms with E-state index in [1.54, 1.807) is 21.3 Å². The van der Waals surface area contributed by atoms with Gasteiger partial charge < -0.3 is 11.1 Å². The van der Waals surface area contributed by atoms with Crippen LogP contribution >= 0.6 is 0 Å². The third kappa shape index (κ3) is 4.55. The lowest BCUT2D eigenvalue weighted by Crippen LogP contribution is -2.32. The molecule has 1 amide bonds. The lowest BCUT2D eigenvalue weighted by Gasteiger charge is -2.21. The van der Waals surface area contributed by atoms with E-state index in [0.717, 1.165) is 22.3 Å². The van der Waals surface area contributed by atoms with Crippen LogP contribution in [0.2, 0.25) is 0 Å². The van der Waals surface area contributed by atoms with E-state index in [-0.39, 0.29) is 16.9 Å². The molecule has 3 N–H and O–H groups in total. The molecule has 1 atom stereocenters. The normalized spacial score (nSPS) is 14.8. The molecule has 0 spiro atoms. The third-order valence-corrected chi connectivity index (χ3v) is 7.82. The van der Waals surface area contributed by atoms with Crippen LogP contribution in [0.3, 0.4) is 0 Å². The minimum atomic E-state index is -0.526. The van der Waals surface area contributed by atoms with Crippen molar-refractivity contribution in [1.29, 1.82) is 0 Å². The van der Waals surface area contributed by atoms with Gasteiger partial charge in [-0.15, -0.1) is 5.10 Å². The fraction of sp³-hybridized carbons (Fsp3) is 0.250. The first-order valence-electron chi connectivity index (χ1n) is 13.8. The van der Waals surface area contributed by atoms with Gasteiger partial charge in [0, 0.05) is 23.3 Å². The zero-order chi connectivity index (χ0) is 27.8. The second kappa shape index (κ2) is 10.4. The molecular formula is C32H32N6O2. The average molecular weight is 533 g/mol. The SMILES string of the molecule is Cc1ccnc2c(C(=O)NC(C)c3cc4cccc(C=CC5CCCC5)c4c(=O)n3-c3ccccc3)c(N)nn12. The first-order chi connectivity index (χ1) is 19.4. The predicted octanol–water partition coefficient (Wildman–Crippen LogP) is 5.62. The Morgan fingerprint density at radius 3 is 2.65 bits per heavy atom. The molecule has 0 aliphatic heterocycles. The number of para-hydroxylation sites is 1. The number of rotatable bonds is 6. The van der Waals surface area contributed by atoms with Gasteiger partial charge in [-0.25, -0.2) is 9.50 Å². The number of aryl methyl sites for hydroxylation is 1. The van der Waals surface area contributed by atoms with Crippen molar-refractivity contribution in [2.75, 3.05) is 5.73 Å². The summed E-state index contributed by atoms with van der Waals surface area (Å²) in [6.45, 7) is 3.73. The summed E-state index contributed by atoms with van der Waals surface area (Å²) in [7, 11) is 0. The Labute approximate surface area is 232 Å². The number of allylic oxidation sites excluding steroid dienone is 1. The van der Waals surface area contributed by atoms with Crippen molar-refractivity contribution < 1.29 is 4.79 Å². The molecule has 5 aromatic rings. The van der Waals surface area contributed by atoms with Gasteiger partial charge in [-0.1, -0.05) is 61.4 Å². The van der Waals surface area contributed by atoms with Crippen LogP contribution in [0.25, 0.3) is 28.2 Å². The molecular weight excluding hydrogens is 500 g/mol. The number of benzene rings is 2. The van der Waals surface area contributed by atoms with Crippen LogP contribution in [0.5, 0.6) is 0 Å². The van der Waals surface area contributed by atoms with E-state index in [1.165, 1.54) is 25.7 Å². The van der Waals surface area contributed by atoms with Gasteiger partial charge in [-0.3, -0.25) is 14.2 Å². The number of fused-ring (bicyclic) bond motifs is 2. The van der Waals surface area contributed by atoms with Crippen LogP contribution in [0, 0.1) is 12.8 Å². The van der Waals surface area contributed by atoms with Gasteiger partial charge in [0.1, 0.15) is 5.56 Å². The highest BCUT2D eigenvalue weighted by atomic mass is 16.2. The number of nitrogens with zero attached hydrogens (tertiary/aromatic N) is 4. The molecule has 8 heteroatoms. The number of pyridine rings is 1. The summed E-state index contributed by atoms with van der Waals surface area (Å²) < 4.78 is 3.26. The topological polar surface area (TPSA) is 107 Å². The highest BCUT2D eigenvalue weighted by Gasteiger charge is 2.24. The van der Waals surface area contributed by atoms with Gasteiger partial charge in [0.15, 0.2) is 11.5 Å². The summed E-state index contributed by atoms with van der Waals surface area (Å²) in [5.41, 5.74) is 9.74. The lowest BCUT2D eigenvalue weighted by atomic mass is 10.0. The van der Waals surface area contributed by atoms with E-state index in [2.05, 4.69) is 27.6 Å². The van der Waals surface area contributed by atoms with Crippen LogP contribution in [-0.2, 0) is 0 Å². The van der Waals surface area contributed by atoms with E-state index in [1.807, 2.05) is 68.4 Å². The highest BCUT2D eigenvalue weighted by molar-refractivity contribution is 6.04. The van der Waals surface area contributed by atoms with E-state index >= 15 is 0 Å². The molecule has 0 bridgehead atoms. The minimum absolute atomic E-state index is 0.101. The molecule has 8 nitrogen and oxygen atoms in total. The molecule has 1 unspecified atom stereocenters. The number of carbonyl (C=O) groups excluding carboxylic acids is 1. The van der Waals surface area contributed by atoms with Gasteiger partial charge in [-0.2, -0.15) is 0 Å². The Morgan fingerprint density at radius 2 is 1.88 bits per heavy atom. The van der Waals surface area contributed by atoms with Gasteiger partial charge in [-0.05, 0) is 67.8 Å². The zero-order valence-electron chi connectivity index (χ0n) is 22.7. The fourth-order valence-corrected chi connectivity index (χ4v) is 5.74. The number of nitrogens with one attached hydrogen (secondary N) is 1. The number of hydrogen-bond acceptors (Lipinski definition) is 5. The summed E-state index contributed by atoms with van der Waals surface area (Å²) in [6, 6.07) is 18.7. The summed E-state index contributed by atoms with van der Waals surface area (Å²) in [6.07, 6.45) is 10.9. The molecule has 0 saturated heterocycles. The fourth-order valence-electron chi connectivity index (χ4n) is 5.74. The molecule has 3 heterocycles. The van der Waals surface area contributed by atoms with Crippen LogP contribution < -0.4 is 16.6 Å². The monoisotopic (exact) mass is 532 g/mol. The second-order valence-electron chi connectivity index (χ2n) is 10.5. The maximum Gasteiger partial charge on any atom is 0.263 e. The largest absolute Gasteiger partial charge is 0.381 e.